The molecule has 0 radical (unpaired) electrons. The molecule has 1 unspecified atom stereocenters. The molecule has 1 atom stereocenters. The summed E-state index contributed by atoms with van der Waals surface area (Å²) < 4.78 is 5.52. The summed E-state index contributed by atoms with van der Waals surface area (Å²) in [5.41, 5.74) is 0. The molecule has 22 heavy (non-hydrogen) atoms. The second kappa shape index (κ2) is 6.40. The molecule has 1 amide bonds. The Morgan fingerprint density at radius 2 is 2.00 bits per heavy atom. The molecule has 3 rings (SSSR count). The Hall–Kier alpha value is -2.01. The molecule has 116 valence electrons. The SMILES string of the molecule is CC(Cl)c1ccc(C(=O)N2CCN(c3ccccn3)CC2)o1. The lowest BCUT2D eigenvalue weighted by atomic mass is 10.2. The first-order chi connectivity index (χ1) is 10.6. The van der Waals surface area contributed by atoms with Crippen LogP contribution in [0.4, 0.5) is 5.82 Å². The highest BCUT2D eigenvalue weighted by Gasteiger charge is 2.25. The van der Waals surface area contributed by atoms with Crippen LogP contribution >= 0.6 is 11.6 Å². The van der Waals surface area contributed by atoms with Crippen molar-refractivity contribution in [1.29, 1.82) is 0 Å². The third kappa shape index (κ3) is 3.09. The van der Waals surface area contributed by atoms with E-state index in [9.17, 15) is 4.79 Å². The lowest BCUT2D eigenvalue weighted by Crippen LogP contribution is -2.49. The number of nitrogens with zero attached hydrogens (tertiary/aromatic N) is 3. The number of carbonyl (C=O) groups excluding carboxylic acids is 1. The van der Waals surface area contributed by atoms with Gasteiger partial charge in [0, 0.05) is 32.4 Å². The van der Waals surface area contributed by atoms with Gasteiger partial charge in [-0.25, -0.2) is 4.98 Å². The molecule has 2 aromatic rings. The monoisotopic (exact) mass is 319 g/mol. The van der Waals surface area contributed by atoms with E-state index in [2.05, 4.69) is 9.88 Å². The fourth-order valence-corrected chi connectivity index (χ4v) is 2.63. The van der Waals surface area contributed by atoms with Crippen LogP contribution < -0.4 is 4.90 Å². The van der Waals surface area contributed by atoms with E-state index < -0.39 is 0 Å². The molecule has 5 nitrogen and oxygen atoms in total. The number of hydrogen-bond acceptors (Lipinski definition) is 4. The van der Waals surface area contributed by atoms with Gasteiger partial charge in [0.25, 0.3) is 5.91 Å². The van der Waals surface area contributed by atoms with E-state index in [1.807, 2.05) is 25.1 Å². The van der Waals surface area contributed by atoms with E-state index in [1.165, 1.54) is 0 Å². The van der Waals surface area contributed by atoms with Gasteiger partial charge in [-0.1, -0.05) is 6.07 Å². The highest BCUT2D eigenvalue weighted by Crippen LogP contribution is 2.23. The number of pyridine rings is 1. The summed E-state index contributed by atoms with van der Waals surface area (Å²) in [5.74, 6) is 1.85. The Bertz CT molecular complexity index is 634. The zero-order valence-corrected chi connectivity index (χ0v) is 13.2. The summed E-state index contributed by atoms with van der Waals surface area (Å²) >= 11 is 5.96. The first-order valence-electron chi connectivity index (χ1n) is 7.34. The average Bonchev–Trinajstić information content (AvgIpc) is 3.05. The van der Waals surface area contributed by atoms with Crippen molar-refractivity contribution < 1.29 is 9.21 Å². The summed E-state index contributed by atoms with van der Waals surface area (Å²) in [6.45, 7) is 4.66. The van der Waals surface area contributed by atoms with Gasteiger partial charge in [0.15, 0.2) is 5.76 Å². The average molecular weight is 320 g/mol. The first kappa shape index (κ1) is 14.9. The third-order valence-corrected chi connectivity index (χ3v) is 3.98. The van der Waals surface area contributed by atoms with E-state index in [1.54, 1.807) is 23.2 Å². The number of amides is 1. The second-order valence-corrected chi connectivity index (χ2v) is 5.94. The number of alkyl halides is 1. The minimum atomic E-state index is -0.234. The molecule has 1 aliphatic rings. The number of rotatable bonds is 3. The number of halogens is 1. The molecular weight excluding hydrogens is 302 g/mol. The number of piperazine rings is 1. The third-order valence-electron chi connectivity index (χ3n) is 3.77. The lowest BCUT2D eigenvalue weighted by molar-refractivity contribution is 0.0712. The van der Waals surface area contributed by atoms with Crippen LogP contribution in [0.15, 0.2) is 40.9 Å². The molecule has 0 aromatic carbocycles. The molecule has 0 bridgehead atoms. The van der Waals surface area contributed by atoms with E-state index >= 15 is 0 Å². The van der Waals surface area contributed by atoms with Gasteiger partial charge >= 0.3 is 0 Å². The number of carbonyl (C=O) groups is 1. The van der Waals surface area contributed by atoms with E-state index in [0.29, 0.717) is 24.6 Å². The second-order valence-electron chi connectivity index (χ2n) is 5.29. The van der Waals surface area contributed by atoms with Gasteiger partial charge < -0.3 is 14.2 Å². The lowest BCUT2D eigenvalue weighted by Gasteiger charge is -2.34. The van der Waals surface area contributed by atoms with Crippen molar-refractivity contribution in [3.63, 3.8) is 0 Å². The Morgan fingerprint density at radius 3 is 2.59 bits per heavy atom. The van der Waals surface area contributed by atoms with E-state index in [4.69, 9.17) is 16.0 Å². The van der Waals surface area contributed by atoms with Crippen molar-refractivity contribution in [3.05, 3.63) is 48.0 Å². The van der Waals surface area contributed by atoms with Gasteiger partial charge in [-0.15, -0.1) is 11.6 Å². The summed E-state index contributed by atoms with van der Waals surface area (Å²) in [6, 6.07) is 9.31. The maximum Gasteiger partial charge on any atom is 0.289 e. The minimum absolute atomic E-state index is 0.0794. The van der Waals surface area contributed by atoms with Crippen molar-refractivity contribution in [1.82, 2.24) is 9.88 Å². The van der Waals surface area contributed by atoms with Crippen LogP contribution in [0.1, 0.15) is 28.6 Å². The predicted molar refractivity (Wildman–Crippen MR) is 85.3 cm³/mol. The molecule has 1 aliphatic heterocycles. The Balaban J connectivity index is 1.62. The standard InChI is InChI=1S/C16H18ClN3O2/c1-12(17)13-5-6-14(22-13)16(21)20-10-8-19(9-11-20)15-4-2-3-7-18-15/h2-7,12H,8-11H2,1H3. The van der Waals surface area contributed by atoms with Crippen LogP contribution in [0.3, 0.4) is 0 Å². The van der Waals surface area contributed by atoms with Crippen molar-refractivity contribution in [2.24, 2.45) is 0 Å². The Labute approximate surface area is 134 Å². The number of furan rings is 1. The molecule has 0 aliphatic carbocycles. The maximum absolute atomic E-state index is 12.4. The van der Waals surface area contributed by atoms with Crippen LogP contribution in [0.2, 0.25) is 0 Å². The smallest absolute Gasteiger partial charge is 0.289 e. The van der Waals surface area contributed by atoms with Crippen LogP contribution in [0.5, 0.6) is 0 Å². The van der Waals surface area contributed by atoms with Gasteiger partial charge in [-0.05, 0) is 31.2 Å². The highest BCUT2D eigenvalue weighted by atomic mass is 35.5. The number of anilines is 1. The topological polar surface area (TPSA) is 49.6 Å². The summed E-state index contributed by atoms with van der Waals surface area (Å²) in [6.07, 6.45) is 1.78. The van der Waals surface area contributed by atoms with Gasteiger partial charge in [0.2, 0.25) is 0 Å². The first-order valence-corrected chi connectivity index (χ1v) is 7.78. The molecule has 6 heteroatoms. The Kier molecular flexibility index (Phi) is 4.34. The molecule has 1 fully saturated rings. The quantitative estimate of drug-likeness (QED) is 0.816. The normalized spacial score (nSPS) is 16.6. The predicted octanol–water partition coefficient (Wildman–Crippen LogP) is 2.94. The van der Waals surface area contributed by atoms with Crippen LogP contribution in [0.25, 0.3) is 0 Å². The molecule has 0 spiro atoms. The summed E-state index contributed by atoms with van der Waals surface area (Å²) in [5, 5.41) is -0.234. The zero-order chi connectivity index (χ0) is 15.5. The van der Waals surface area contributed by atoms with Crippen molar-refractivity contribution in [3.8, 4) is 0 Å². The summed E-state index contributed by atoms with van der Waals surface area (Å²) in [4.78, 5) is 20.8. The Morgan fingerprint density at radius 1 is 1.23 bits per heavy atom. The molecule has 0 N–H and O–H groups in total. The number of hydrogen-bond donors (Lipinski definition) is 0. The van der Waals surface area contributed by atoms with Gasteiger partial charge in [-0.3, -0.25) is 4.79 Å². The van der Waals surface area contributed by atoms with Gasteiger partial charge in [0.1, 0.15) is 11.6 Å². The van der Waals surface area contributed by atoms with E-state index in [-0.39, 0.29) is 11.3 Å². The van der Waals surface area contributed by atoms with Crippen LogP contribution in [0, 0.1) is 0 Å². The molecule has 0 saturated carbocycles. The molecule has 3 heterocycles. The van der Waals surface area contributed by atoms with Crippen molar-refractivity contribution in [2.75, 3.05) is 31.1 Å². The fourth-order valence-electron chi connectivity index (χ4n) is 2.52. The van der Waals surface area contributed by atoms with Crippen LogP contribution in [-0.4, -0.2) is 42.0 Å². The summed E-state index contributed by atoms with van der Waals surface area (Å²) in [7, 11) is 0. The van der Waals surface area contributed by atoms with E-state index in [0.717, 1.165) is 18.9 Å². The van der Waals surface area contributed by atoms with Gasteiger partial charge in [0.05, 0.1) is 5.38 Å². The fraction of sp³-hybridized carbons (Fsp3) is 0.375. The van der Waals surface area contributed by atoms with Crippen molar-refractivity contribution in [2.45, 2.75) is 12.3 Å². The molecule has 2 aromatic heterocycles. The zero-order valence-electron chi connectivity index (χ0n) is 12.4. The van der Waals surface area contributed by atoms with Crippen LogP contribution in [-0.2, 0) is 0 Å². The number of aromatic nitrogens is 1. The molecular formula is C16H18ClN3O2. The molecule has 1 saturated heterocycles. The van der Waals surface area contributed by atoms with Gasteiger partial charge in [-0.2, -0.15) is 0 Å². The minimum Gasteiger partial charge on any atom is -0.454 e. The highest BCUT2D eigenvalue weighted by molar-refractivity contribution is 6.20. The maximum atomic E-state index is 12.4. The van der Waals surface area contributed by atoms with Crippen molar-refractivity contribution >= 4 is 23.3 Å². The largest absolute Gasteiger partial charge is 0.454 e.